The van der Waals surface area contributed by atoms with Crippen LogP contribution in [0.25, 0.3) is 0 Å². The van der Waals surface area contributed by atoms with Gasteiger partial charge in [0.05, 0.1) is 17.1 Å². The molecule has 0 bridgehead atoms. The molecule has 0 heterocycles. The number of anilines is 4. The number of hydrogen-bond donors (Lipinski definition) is 5. The highest BCUT2D eigenvalue weighted by Gasteiger charge is 2.13. The summed E-state index contributed by atoms with van der Waals surface area (Å²) in [6, 6.07) is 1.68. The molecule has 6 heteroatoms. The molecule has 0 fully saturated rings. The van der Waals surface area contributed by atoms with Gasteiger partial charge in [0, 0.05) is 21.1 Å². The summed E-state index contributed by atoms with van der Waals surface area (Å²) in [5.74, 6) is 0.161. The lowest BCUT2D eigenvalue weighted by Crippen LogP contribution is -2.03. The second kappa shape index (κ2) is 5.41. The summed E-state index contributed by atoms with van der Waals surface area (Å²) in [7, 11) is 5.22. The average molecular weight is 233 g/mol. The molecule has 0 aliphatic heterocycles. The maximum Gasteiger partial charge on any atom is 0.164 e. The molecule has 5 nitrogen and oxygen atoms in total. The number of phenolic OH excluding ortho intramolecular Hbond substituents is 1. The highest BCUT2D eigenvalue weighted by Crippen LogP contribution is 2.41. The van der Waals surface area contributed by atoms with Crippen LogP contribution < -0.4 is 21.7 Å². The molecule has 0 radical (unpaired) electrons. The molecule has 0 spiro atoms. The van der Waals surface area contributed by atoms with Crippen LogP contribution >= 0.6 is 12.4 Å². The molecule has 0 unspecified atom stereocenters. The Morgan fingerprint density at radius 3 is 2.00 bits per heavy atom. The van der Waals surface area contributed by atoms with Gasteiger partial charge in [-0.05, 0) is 6.07 Å². The topological polar surface area (TPSA) is 82.3 Å². The van der Waals surface area contributed by atoms with Crippen molar-refractivity contribution in [1.82, 2.24) is 0 Å². The lowest BCUT2D eigenvalue weighted by Gasteiger charge is -2.16. The number of benzene rings is 1. The first-order valence-electron chi connectivity index (χ1n) is 4.34. The minimum atomic E-state index is 0. The Morgan fingerprint density at radius 2 is 1.60 bits per heavy atom. The normalized spacial score (nSPS) is 9.00. The average Bonchev–Trinajstić information content (AvgIpc) is 2.20. The lowest BCUT2D eigenvalue weighted by atomic mass is 10.1. The number of nitrogens with two attached hydrogens (primary N) is 1. The zero-order chi connectivity index (χ0) is 10.7. The summed E-state index contributed by atoms with van der Waals surface area (Å²) >= 11 is 0. The molecule has 0 atom stereocenters. The van der Waals surface area contributed by atoms with E-state index in [9.17, 15) is 5.11 Å². The SMILES string of the molecule is CNc1cc(N)c(NC)c(NC)c1O.Cl. The number of nitrogen functional groups attached to an aromatic ring is 1. The van der Waals surface area contributed by atoms with Crippen molar-refractivity contribution >= 4 is 35.2 Å². The van der Waals surface area contributed by atoms with Crippen LogP contribution in [0.1, 0.15) is 0 Å². The van der Waals surface area contributed by atoms with Gasteiger partial charge < -0.3 is 26.8 Å². The molecule has 1 aromatic carbocycles. The molecule has 6 N–H and O–H groups in total. The number of nitrogens with one attached hydrogen (secondary N) is 3. The Balaban J connectivity index is 0.00000196. The van der Waals surface area contributed by atoms with Crippen LogP contribution in [-0.4, -0.2) is 26.2 Å². The van der Waals surface area contributed by atoms with E-state index in [-0.39, 0.29) is 18.2 Å². The first kappa shape index (κ1) is 13.5. The third-order valence-electron chi connectivity index (χ3n) is 2.10. The summed E-state index contributed by atoms with van der Waals surface area (Å²) in [6.45, 7) is 0. The minimum Gasteiger partial charge on any atom is -0.504 e. The molecule has 1 rings (SSSR count). The Morgan fingerprint density at radius 1 is 1.07 bits per heavy atom. The Kier molecular flexibility index (Phi) is 4.87. The molecular weight excluding hydrogens is 216 g/mol. The quantitative estimate of drug-likeness (QED) is 0.310. The van der Waals surface area contributed by atoms with Crippen molar-refractivity contribution in [3.05, 3.63) is 6.07 Å². The minimum absolute atomic E-state index is 0. The van der Waals surface area contributed by atoms with Gasteiger partial charge in [0.15, 0.2) is 5.75 Å². The Labute approximate surface area is 95.5 Å². The third-order valence-corrected chi connectivity index (χ3v) is 2.10. The molecule has 0 aliphatic rings. The van der Waals surface area contributed by atoms with Gasteiger partial charge in [-0.25, -0.2) is 0 Å². The van der Waals surface area contributed by atoms with Crippen LogP contribution in [0.15, 0.2) is 6.07 Å². The van der Waals surface area contributed by atoms with E-state index in [0.29, 0.717) is 22.7 Å². The third kappa shape index (κ3) is 2.30. The predicted molar refractivity (Wildman–Crippen MR) is 68.4 cm³/mol. The van der Waals surface area contributed by atoms with E-state index in [0.717, 1.165) is 0 Å². The number of rotatable bonds is 3. The van der Waals surface area contributed by atoms with Gasteiger partial charge in [0.2, 0.25) is 0 Å². The van der Waals surface area contributed by atoms with Crippen LogP contribution in [0, 0.1) is 0 Å². The Hall–Kier alpha value is -1.49. The predicted octanol–water partition coefficient (Wildman–Crippen LogP) is 1.52. The monoisotopic (exact) mass is 232 g/mol. The molecule has 0 aliphatic carbocycles. The van der Waals surface area contributed by atoms with E-state index in [1.807, 2.05) is 0 Å². The zero-order valence-electron chi connectivity index (χ0n) is 9.01. The molecule has 1 aromatic rings. The van der Waals surface area contributed by atoms with Crippen molar-refractivity contribution in [2.75, 3.05) is 42.8 Å². The first-order valence-corrected chi connectivity index (χ1v) is 4.34. The molecule has 0 saturated heterocycles. The second-order valence-corrected chi connectivity index (χ2v) is 2.86. The van der Waals surface area contributed by atoms with Crippen molar-refractivity contribution in [2.24, 2.45) is 0 Å². The molecule has 0 aromatic heterocycles. The fraction of sp³-hybridized carbons (Fsp3) is 0.333. The second-order valence-electron chi connectivity index (χ2n) is 2.86. The van der Waals surface area contributed by atoms with E-state index in [4.69, 9.17) is 5.73 Å². The first-order chi connectivity index (χ1) is 6.65. The summed E-state index contributed by atoms with van der Waals surface area (Å²) in [5, 5.41) is 18.5. The number of halogens is 1. The summed E-state index contributed by atoms with van der Waals surface area (Å²) in [5.41, 5.74) is 8.28. The van der Waals surface area contributed by atoms with Gasteiger partial charge in [0.1, 0.15) is 5.69 Å². The standard InChI is InChI=1S/C9H16N4O.ClH/c1-11-6-4-5(10)7(12-2)8(13-3)9(6)14;/h4,11-14H,10H2,1-3H3;1H. The highest BCUT2D eigenvalue weighted by molar-refractivity contribution is 5.91. The number of phenols is 1. The van der Waals surface area contributed by atoms with E-state index >= 15 is 0 Å². The summed E-state index contributed by atoms with van der Waals surface area (Å²) in [4.78, 5) is 0. The van der Waals surface area contributed by atoms with Gasteiger partial charge in [-0.3, -0.25) is 0 Å². The maximum atomic E-state index is 9.80. The van der Waals surface area contributed by atoms with Crippen molar-refractivity contribution in [1.29, 1.82) is 0 Å². The molecule has 86 valence electrons. The van der Waals surface area contributed by atoms with Crippen molar-refractivity contribution in [3.8, 4) is 5.75 Å². The van der Waals surface area contributed by atoms with Crippen LogP contribution in [0.5, 0.6) is 5.75 Å². The molecule has 0 saturated carbocycles. The van der Waals surface area contributed by atoms with Gasteiger partial charge in [-0.15, -0.1) is 12.4 Å². The van der Waals surface area contributed by atoms with E-state index in [1.54, 1.807) is 27.2 Å². The summed E-state index contributed by atoms with van der Waals surface area (Å²) < 4.78 is 0. The van der Waals surface area contributed by atoms with Crippen LogP contribution in [0.2, 0.25) is 0 Å². The van der Waals surface area contributed by atoms with E-state index in [1.165, 1.54) is 0 Å². The summed E-state index contributed by atoms with van der Waals surface area (Å²) in [6.07, 6.45) is 0. The van der Waals surface area contributed by atoms with Gasteiger partial charge >= 0.3 is 0 Å². The molecular formula is C9H17ClN4O. The smallest absolute Gasteiger partial charge is 0.164 e. The van der Waals surface area contributed by atoms with Gasteiger partial charge in [-0.2, -0.15) is 0 Å². The van der Waals surface area contributed by atoms with Crippen molar-refractivity contribution < 1.29 is 5.11 Å². The van der Waals surface area contributed by atoms with Gasteiger partial charge in [-0.1, -0.05) is 0 Å². The van der Waals surface area contributed by atoms with Gasteiger partial charge in [0.25, 0.3) is 0 Å². The largest absolute Gasteiger partial charge is 0.504 e. The molecule has 0 amide bonds. The number of aromatic hydroxyl groups is 1. The van der Waals surface area contributed by atoms with Crippen molar-refractivity contribution in [3.63, 3.8) is 0 Å². The maximum absolute atomic E-state index is 9.80. The van der Waals surface area contributed by atoms with Crippen LogP contribution in [0.3, 0.4) is 0 Å². The van der Waals surface area contributed by atoms with Crippen LogP contribution in [0.4, 0.5) is 22.7 Å². The Bertz CT molecular complexity index is 343. The van der Waals surface area contributed by atoms with Crippen LogP contribution in [-0.2, 0) is 0 Å². The fourth-order valence-electron chi connectivity index (χ4n) is 1.40. The highest BCUT2D eigenvalue weighted by atomic mass is 35.5. The zero-order valence-corrected chi connectivity index (χ0v) is 9.83. The lowest BCUT2D eigenvalue weighted by molar-refractivity contribution is 0.480. The number of hydrogen-bond acceptors (Lipinski definition) is 5. The van der Waals surface area contributed by atoms with Crippen molar-refractivity contribution in [2.45, 2.75) is 0 Å². The molecule has 15 heavy (non-hydrogen) atoms. The van der Waals surface area contributed by atoms with E-state index < -0.39 is 0 Å². The fourth-order valence-corrected chi connectivity index (χ4v) is 1.40. The van der Waals surface area contributed by atoms with E-state index in [2.05, 4.69) is 16.0 Å².